The van der Waals surface area contributed by atoms with Gasteiger partial charge in [0.05, 0.1) is 6.42 Å². The van der Waals surface area contributed by atoms with Gasteiger partial charge in [-0.05, 0) is 33.1 Å². The number of rotatable bonds is 2. The lowest BCUT2D eigenvalue weighted by Gasteiger charge is -2.26. The molecule has 98 valence electrons. The van der Waals surface area contributed by atoms with Crippen molar-refractivity contribution in [3.8, 4) is 0 Å². The lowest BCUT2D eigenvalue weighted by Crippen LogP contribution is -2.38. The third-order valence-electron chi connectivity index (χ3n) is 3.38. The standard InChI is InChI=1S/C13H19N3O2/c1-9-11(13(18)15-10(2)14-9)8-12(17)16-6-4-3-5-7-16/h3-8H2,1-2H3,(H,14,15,18). The number of aromatic amines is 1. The molecule has 1 aromatic heterocycles. The molecule has 1 fully saturated rings. The number of aryl methyl sites for hydroxylation is 2. The molecule has 1 saturated heterocycles. The lowest BCUT2D eigenvalue weighted by molar-refractivity contribution is -0.131. The van der Waals surface area contributed by atoms with Gasteiger partial charge < -0.3 is 9.88 Å². The highest BCUT2D eigenvalue weighted by Crippen LogP contribution is 2.11. The summed E-state index contributed by atoms with van der Waals surface area (Å²) in [6.07, 6.45) is 3.48. The lowest BCUT2D eigenvalue weighted by atomic mass is 10.1. The molecule has 1 aliphatic rings. The Morgan fingerprint density at radius 3 is 2.56 bits per heavy atom. The summed E-state index contributed by atoms with van der Waals surface area (Å²) >= 11 is 0. The van der Waals surface area contributed by atoms with Gasteiger partial charge in [0.1, 0.15) is 5.82 Å². The van der Waals surface area contributed by atoms with E-state index in [9.17, 15) is 9.59 Å². The van der Waals surface area contributed by atoms with E-state index in [1.165, 1.54) is 6.42 Å². The number of carbonyl (C=O) groups is 1. The second-order valence-electron chi connectivity index (χ2n) is 4.83. The first-order valence-corrected chi connectivity index (χ1v) is 6.42. The molecule has 0 saturated carbocycles. The van der Waals surface area contributed by atoms with Crippen LogP contribution in [-0.4, -0.2) is 33.9 Å². The molecule has 5 nitrogen and oxygen atoms in total. The fraction of sp³-hybridized carbons (Fsp3) is 0.615. The molecule has 0 atom stereocenters. The molecular weight excluding hydrogens is 230 g/mol. The monoisotopic (exact) mass is 249 g/mol. The number of aromatic nitrogens is 2. The first kappa shape index (κ1) is 12.8. The highest BCUT2D eigenvalue weighted by Gasteiger charge is 2.19. The molecule has 1 aromatic rings. The summed E-state index contributed by atoms with van der Waals surface area (Å²) in [5.41, 5.74) is 0.961. The predicted molar refractivity (Wildman–Crippen MR) is 68.5 cm³/mol. The average Bonchev–Trinajstić information content (AvgIpc) is 2.34. The predicted octanol–water partition coefficient (Wildman–Crippen LogP) is 0.942. The van der Waals surface area contributed by atoms with Gasteiger partial charge in [0.25, 0.3) is 5.56 Å². The molecule has 2 heterocycles. The zero-order valence-corrected chi connectivity index (χ0v) is 11.0. The van der Waals surface area contributed by atoms with E-state index < -0.39 is 0 Å². The Morgan fingerprint density at radius 1 is 1.28 bits per heavy atom. The molecule has 0 radical (unpaired) electrons. The van der Waals surface area contributed by atoms with E-state index in [2.05, 4.69) is 9.97 Å². The van der Waals surface area contributed by atoms with Crippen LogP contribution in [0.5, 0.6) is 0 Å². The summed E-state index contributed by atoms with van der Waals surface area (Å²) in [6, 6.07) is 0. The number of amides is 1. The van der Waals surface area contributed by atoms with Crippen molar-refractivity contribution in [1.29, 1.82) is 0 Å². The van der Waals surface area contributed by atoms with Gasteiger partial charge in [0.15, 0.2) is 0 Å². The van der Waals surface area contributed by atoms with Crippen LogP contribution >= 0.6 is 0 Å². The highest BCUT2D eigenvalue weighted by atomic mass is 16.2. The Morgan fingerprint density at radius 2 is 1.94 bits per heavy atom. The quantitative estimate of drug-likeness (QED) is 0.848. The van der Waals surface area contributed by atoms with Crippen molar-refractivity contribution >= 4 is 5.91 Å². The second-order valence-corrected chi connectivity index (χ2v) is 4.83. The number of H-pyrrole nitrogens is 1. The van der Waals surface area contributed by atoms with Crippen LogP contribution in [0, 0.1) is 13.8 Å². The summed E-state index contributed by atoms with van der Waals surface area (Å²) in [5.74, 6) is 0.626. The van der Waals surface area contributed by atoms with Crippen molar-refractivity contribution in [1.82, 2.24) is 14.9 Å². The van der Waals surface area contributed by atoms with E-state index in [-0.39, 0.29) is 17.9 Å². The second kappa shape index (κ2) is 5.33. The normalized spacial score (nSPS) is 15.8. The summed E-state index contributed by atoms with van der Waals surface area (Å²) in [7, 11) is 0. The first-order valence-electron chi connectivity index (χ1n) is 6.42. The van der Waals surface area contributed by atoms with Gasteiger partial charge in [0.2, 0.25) is 5.91 Å². The number of hydrogen-bond donors (Lipinski definition) is 1. The molecule has 1 aliphatic heterocycles. The third kappa shape index (κ3) is 2.78. The van der Waals surface area contributed by atoms with Crippen LogP contribution in [0.1, 0.15) is 36.3 Å². The molecule has 2 rings (SSSR count). The Balaban J connectivity index is 2.14. The molecule has 0 bridgehead atoms. The molecule has 1 N–H and O–H groups in total. The summed E-state index contributed by atoms with van der Waals surface area (Å²) in [5, 5.41) is 0. The van der Waals surface area contributed by atoms with E-state index in [4.69, 9.17) is 0 Å². The number of piperidine rings is 1. The number of carbonyl (C=O) groups excluding carboxylic acids is 1. The zero-order valence-electron chi connectivity index (χ0n) is 11.0. The largest absolute Gasteiger partial charge is 0.342 e. The van der Waals surface area contributed by atoms with Crippen LogP contribution in [0.4, 0.5) is 0 Å². The summed E-state index contributed by atoms with van der Waals surface area (Å²) < 4.78 is 0. The van der Waals surface area contributed by atoms with Crippen LogP contribution in [0.25, 0.3) is 0 Å². The Labute approximate surface area is 106 Å². The molecular formula is C13H19N3O2. The first-order chi connectivity index (χ1) is 8.58. The number of hydrogen-bond acceptors (Lipinski definition) is 3. The van der Waals surface area contributed by atoms with Crippen molar-refractivity contribution < 1.29 is 4.79 Å². The van der Waals surface area contributed by atoms with Crippen LogP contribution in [0.3, 0.4) is 0 Å². The Bertz CT molecular complexity index is 501. The number of nitrogens with zero attached hydrogens (tertiary/aromatic N) is 2. The van der Waals surface area contributed by atoms with Gasteiger partial charge in [0, 0.05) is 24.3 Å². The molecule has 0 spiro atoms. The van der Waals surface area contributed by atoms with Crippen LogP contribution in [-0.2, 0) is 11.2 Å². The molecule has 18 heavy (non-hydrogen) atoms. The van der Waals surface area contributed by atoms with E-state index in [0.29, 0.717) is 17.1 Å². The van der Waals surface area contributed by atoms with Crippen molar-refractivity contribution in [3.63, 3.8) is 0 Å². The van der Waals surface area contributed by atoms with Gasteiger partial charge in [-0.25, -0.2) is 4.98 Å². The van der Waals surface area contributed by atoms with Crippen molar-refractivity contribution in [2.24, 2.45) is 0 Å². The van der Waals surface area contributed by atoms with Crippen LogP contribution < -0.4 is 5.56 Å². The minimum atomic E-state index is -0.189. The van der Waals surface area contributed by atoms with Gasteiger partial charge in [-0.15, -0.1) is 0 Å². The average molecular weight is 249 g/mol. The maximum Gasteiger partial charge on any atom is 0.254 e. The van der Waals surface area contributed by atoms with Crippen molar-refractivity contribution in [2.45, 2.75) is 39.5 Å². The summed E-state index contributed by atoms with van der Waals surface area (Å²) in [6.45, 7) is 5.15. The van der Waals surface area contributed by atoms with E-state index in [1.54, 1.807) is 13.8 Å². The Kier molecular flexibility index (Phi) is 3.79. The molecule has 0 unspecified atom stereocenters. The highest BCUT2D eigenvalue weighted by molar-refractivity contribution is 5.79. The maximum absolute atomic E-state index is 12.1. The zero-order chi connectivity index (χ0) is 13.1. The van der Waals surface area contributed by atoms with E-state index >= 15 is 0 Å². The van der Waals surface area contributed by atoms with Gasteiger partial charge in [-0.1, -0.05) is 0 Å². The SMILES string of the molecule is Cc1nc(C)c(CC(=O)N2CCCCC2)c(=O)[nH]1. The van der Waals surface area contributed by atoms with Crippen LogP contribution in [0.15, 0.2) is 4.79 Å². The van der Waals surface area contributed by atoms with E-state index in [1.807, 2.05) is 4.90 Å². The van der Waals surface area contributed by atoms with Gasteiger partial charge >= 0.3 is 0 Å². The molecule has 5 heteroatoms. The topological polar surface area (TPSA) is 66.1 Å². The van der Waals surface area contributed by atoms with Crippen LogP contribution in [0.2, 0.25) is 0 Å². The van der Waals surface area contributed by atoms with Crippen molar-refractivity contribution in [2.75, 3.05) is 13.1 Å². The minimum Gasteiger partial charge on any atom is -0.342 e. The number of nitrogens with one attached hydrogen (secondary N) is 1. The minimum absolute atomic E-state index is 0.0361. The smallest absolute Gasteiger partial charge is 0.254 e. The fourth-order valence-electron chi connectivity index (χ4n) is 2.37. The van der Waals surface area contributed by atoms with E-state index in [0.717, 1.165) is 25.9 Å². The number of likely N-dealkylation sites (tertiary alicyclic amines) is 1. The molecule has 0 aromatic carbocycles. The fourth-order valence-corrected chi connectivity index (χ4v) is 2.37. The molecule has 1 amide bonds. The molecule has 0 aliphatic carbocycles. The summed E-state index contributed by atoms with van der Waals surface area (Å²) in [4.78, 5) is 32.6. The maximum atomic E-state index is 12.1. The third-order valence-corrected chi connectivity index (χ3v) is 3.38. The van der Waals surface area contributed by atoms with Gasteiger partial charge in [-0.3, -0.25) is 9.59 Å². The van der Waals surface area contributed by atoms with Crippen molar-refractivity contribution in [3.05, 3.63) is 27.4 Å². The van der Waals surface area contributed by atoms with Gasteiger partial charge in [-0.2, -0.15) is 0 Å². The Hall–Kier alpha value is -1.65.